The molecule has 18 heavy (non-hydrogen) atoms. The van der Waals surface area contributed by atoms with Crippen LogP contribution in [0, 0.1) is 0 Å². The van der Waals surface area contributed by atoms with Crippen LogP contribution in [0.3, 0.4) is 0 Å². The van der Waals surface area contributed by atoms with Crippen molar-refractivity contribution < 1.29 is 4.79 Å². The van der Waals surface area contributed by atoms with Crippen LogP contribution in [-0.4, -0.2) is 34.9 Å². The molecule has 1 amide bonds. The fourth-order valence-corrected chi connectivity index (χ4v) is 2.51. The summed E-state index contributed by atoms with van der Waals surface area (Å²) in [5, 5.41) is 2.86. The van der Waals surface area contributed by atoms with Crippen molar-refractivity contribution in [3.05, 3.63) is 30.3 Å². The Bertz CT molecular complexity index is 435. The Labute approximate surface area is 112 Å². The van der Waals surface area contributed by atoms with Gasteiger partial charge in [0, 0.05) is 5.69 Å². The molecule has 1 fully saturated rings. The van der Waals surface area contributed by atoms with Gasteiger partial charge in [-0.25, -0.2) is 0 Å². The Morgan fingerprint density at radius 3 is 2.83 bits per heavy atom. The van der Waals surface area contributed by atoms with Gasteiger partial charge in [0.15, 0.2) is 0 Å². The molecule has 1 unspecified atom stereocenters. The summed E-state index contributed by atoms with van der Waals surface area (Å²) in [5.41, 5.74) is 6.49. The number of benzene rings is 1. The Morgan fingerprint density at radius 1 is 1.44 bits per heavy atom. The van der Waals surface area contributed by atoms with E-state index >= 15 is 0 Å². The molecule has 1 aromatic carbocycles. The van der Waals surface area contributed by atoms with Crippen LogP contribution in [0.4, 0.5) is 5.69 Å². The summed E-state index contributed by atoms with van der Waals surface area (Å²) in [6, 6.07) is 9.51. The van der Waals surface area contributed by atoms with Gasteiger partial charge in [0.05, 0.1) is 17.6 Å². The molecule has 1 heterocycles. The number of rotatable bonds is 4. The molecular weight excluding hydrogens is 246 g/mol. The third-order valence-electron chi connectivity index (χ3n) is 3.10. The molecule has 0 aliphatic carbocycles. The highest BCUT2D eigenvalue weighted by atomic mass is 32.1. The van der Waals surface area contributed by atoms with Crippen molar-refractivity contribution >= 4 is 28.8 Å². The van der Waals surface area contributed by atoms with E-state index in [1.165, 1.54) is 0 Å². The summed E-state index contributed by atoms with van der Waals surface area (Å²) >= 11 is 5.02. The highest BCUT2D eigenvalue weighted by Crippen LogP contribution is 2.17. The van der Waals surface area contributed by atoms with E-state index in [2.05, 4.69) is 5.32 Å². The normalized spacial score (nSPS) is 19.7. The van der Waals surface area contributed by atoms with E-state index in [4.69, 9.17) is 18.0 Å². The van der Waals surface area contributed by atoms with E-state index in [0.29, 0.717) is 11.5 Å². The summed E-state index contributed by atoms with van der Waals surface area (Å²) in [6.45, 7) is 1.22. The van der Waals surface area contributed by atoms with Crippen LogP contribution in [0.5, 0.6) is 0 Å². The van der Waals surface area contributed by atoms with Crippen LogP contribution >= 0.6 is 12.2 Å². The standard InChI is InChI=1S/C13H17N3OS/c14-13(18)11-7-4-8-16(11)9-12(17)15-10-5-2-1-3-6-10/h1-3,5-6,11H,4,7-9H2,(H2,14,18)(H,15,17). The lowest BCUT2D eigenvalue weighted by Gasteiger charge is -2.22. The molecule has 0 bridgehead atoms. The summed E-state index contributed by atoms with van der Waals surface area (Å²) in [5.74, 6) is -0.0237. The molecule has 1 aromatic rings. The van der Waals surface area contributed by atoms with E-state index < -0.39 is 0 Å². The lowest BCUT2D eigenvalue weighted by Crippen LogP contribution is -2.43. The fraction of sp³-hybridized carbons (Fsp3) is 0.385. The third kappa shape index (κ3) is 3.27. The fourth-order valence-electron chi connectivity index (χ4n) is 2.24. The summed E-state index contributed by atoms with van der Waals surface area (Å²) < 4.78 is 0. The quantitative estimate of drug-likeness (QED) is 0.806. The zero-order chi connectivity index (χ0) is 13.0. The highest BCUT2D eigenvalue weighted by Gasteiger charge is 2.27. The van der Waals surface area contributed by atoms with Gasteiger partial charge >= 0.3 is 0 Å². The molecule has 4 nitrogen and oxygen atoms in total. The number of hydrogen-bond donors (Lipinski definition) is 2. The Kier molecular flexibility index (Phi) is 4.28. The van der Waals surface area contributed by atoms with Gasteiger partial charge in [0.2, 0.25) is 5.91 Å². The molecule has 0 spiro atoms. The molecule has 3 N–H and O–H groups in total. The van der Waals surface area contributed by atoms with Gasteiger partial charge in [-0.05, 0) is 31.5 Å². The van der Waals surface area contributed by atoms with Gasteiger partial charge in [-0.2, -0.15) is 0 Å². The van der Waals surface area contributed by atoms with Crippen LogP contribution in [0.1, 0.15) is 12.8 Å². The number of anilines is 1. The number of nitrogens with two attached hydrogens (primary N) is 1. The first kappa shape index (κ1) is 13.0. The Hall–Kier alpha value is -1.46. The van der Waals surface area contributed by atoms with Crippen molar-refractivity contribution in [1.29, 1.82) is 0 Å². The largest absolute Gasteiger partial charge is 0.392 e. The number of para-hydroxylation sites is 1. The average molecular weight is 263 g/mol. The molecule has 1 atom stereocenters. The number of thiocarbonyl (C=S) groups is 1. The van der Waals surface area contributed by atoms with E-state index in [1.807, 2.05) is 35.2 Å². The second-order valence-corrected chi connectivity index (χ2v) is 4.92. The minimum Gasteiger partial charge on any atom is -0.392 e. The number of nitrogens with one attached hydrogen (secondary N) is 1. The smallest absolute Gasteiger partial charge is 0.238 e. The molecule has 0 radical (unpaired) electrons. The minimum absolute atomic E-state index is 0.0237. The first-order valence-electron chi connectivity index (χ1n) is 6.05. The van der Waals surface area contributed by atoms with Gasteiger partial charge in [0.1, 0.15) is 0 Å². The molecule has 5 heteroatoms. The summed E-state index contributed by atoms with van der Waals surface area (Å²) in [7, 11) is 0. The second-order valence-electron chi connectivity index (χ2n) is 4.45. The van der Waals surface area contributed by atoms with Crippen molar-refractivity contribution in [3.8, 4) is 0 Å². The van der Waals surface area contributed by atoms with Gasteiger partial charge in [-0.3, -0.25) is 9.69 Å². The SMILES string of the molecule is NC(=S)C1CCCN1CC(=O)Nc1ccccc1. The maximum Gasteiger partial charge on any atom is 0.238 e. The average Bonchev–Trinajstić information content (AvgIpc) is 2.78. The first-order chi connectivity index (χ1) is 8.66. The first-order valence-corrected chi connectivity index (χ1v) is 6.46. The Morgan fingerprint density at radius 2 is 2.17 bits per heavy atom. The van der Waals surface area contributed by atoms with Gasteiger partial charge < -0.3 is 11.1 Å². The van der Waals surface area contributed by atoms with Crippen molar-refractivity contribution in [2.45, 2.75) is 18.9 Å². The van der Waals surface area contributed by atoms with E-state index in [1.54, 1.807) is 0 Å². The maximum atomic E-state index is 11.9. The molecule has 0 saturated carbocycles. The van der Waals surface area contributed by atoms with E-state index in [0.717, 1.165) is 25.1 Å². The molecule has 1 saturated heterocycles. The van der Waals surface area contributed by atoms with E-state index in [9.17, 15) is 4.79 Å². The van der Waals surface area contributed by atoms with E-state index in [-0.39, 0.29) is 11.9 Å². The zero-order valence-corrected chi connectivity index (χ0v) is 11.0. The van der Waals surface area contributed by atoms with Crippen molar-refractivity contribution in [2.24, 2.45) is 5.73 Å². The predicted octanol–water partition coefficient (Wildman–Crippen LogP) is 1.38. The number of hydrogen-bond acceptors (Lipinski definition) is 3. The predicted molar refractivity (Wildman–Crippen MR) is 76.5 cm³/mol. The molecule has 96 valence electrons. The molecule has 1 aliphatic rings. The highest BCUT2D eigenvalue weighted by molar-refractivity contribution is 7.80. The number of carbonyl (C=O) groups is 1. The second kappa shape index (κ2) is 5.93. The monoisotopic (exact) mass is 263 g/mol. The molecular formula is C13H17N3OS. The van der Waals surface area contributed by atoms with Crippen molar-refractivity contribution in [3.63, 3.8) is 0 Å². The number of amides is 1. The lowest BCUT2D eigenvalue weighted by atomic mass is 10.2. The zero-order valence-electron chi connectivity index (χ0n) is 10.1. The van der Waals surface area contributed by atoms with Gasteiger partial charge in [-0.15, -0.1) is 0 Å². The minimum atomic E-state index is -0.0237. The Balaban J connectivity index is 1.90. The lowest BCUT2D eigenvalue weighted by molar-refractivity contribution is -0.117. The number of likely N-dealkylation sites (tertiary alicyclic amines) is 1. The summed E-state index contributed by atoms with van der Waals surface area (Å²) in [6.07, 6.45) is 1.99. The van der Waals surface area contributed by atoms with Crippen molar-refractivity contribution in [2.75, 3.05) is 18.4 Å². The van der Waals surface area contributed by atoms with Crippen LogP contribution in [-0.2, 0) is 4.79 Å². The van der Waals surface area contributed by atoms with Crippen LogP contribution in [0.25, 0.3) is 0 Å². The summed E-state index contributed by atoms with van der Waals surface area (Å²) in [4.78, 5) is 14.4. The number of nitrogens with zero attached hydrogens (tertiary/aromatic N) is 1. The van der Waals surface area contributed by atoms with Gasteiger partial charge in [-0.1, -0.05) is 30.4 Å². The molecule has 0 aromatic heterocycles. The maximum absolute atomic E-state index is 11.9. The van der Waals surface area contributed by atoms with Crippen LogP contribution < -0.4 is 11.1 Å². The third-order valence-corrected chi connectivity index (χ3v) is 3.37. The molecule has 1 aliphatic heterocycles. The topological polar surface area (TPSA) is 58.4 Å². The van der Waals surface area contributed by atoms with Crippen molar-refractivity contribution in [1.82, 2.24) is 4.90 Å². The number of carbonyl (C=O) groups excluding carboxylic acids is 1. The molecule has 2 rings (SSSR count). The van der Waals surface area contributed by atoms with Crippen LogP contribution in [0.15, 0.2) is 30.3 Å². The van der Waals surface area contributed by atoms with Crippen LogP contribution in [0.2, 0.25) is 0 Å². The van der Waals surface area contributed by atoms with Gasteiger partial charge in [0.25, 0.3) is 0 Å².